The van der Waals surface area contributed by atoms with Gasteiger partial charge < -0.3 is 0 Å². The molecule has 0 amide bonds. The van der Waals surface area contributed by atoms with E-state index in [1.807, 2.05) is 0 Å². The Morgan fingerprint density at radius 1 is 0.132 bits per heavy atom. The quantitative estimate of drug-likeness (QED) is 0.0284. The van der Waals surface area contributed by atoms with Gasteiger partial charge in [0, 0.05) is 0 Å². The van der Waals surface area contributed by atoms with Crippen LogP contribution >= 0.6 is 0 Å². The Labute approximate surface area is 835 Å². The van der Waals surface area contributed by atoms with Gasteiger partial charge in [0.2, 0.25) is 0 Å². The molecule has 0 aromatic heterocycles. The zero-order valence-electron chi connectivity index (χ0n) is 88.7. The van der Waals surface area contributed by atoms with Crippen LogP contribution in [0.25, 0.3) is 134 Å². The molecule has 0 fully saturated rings. The van der Waals surface area contributed by atoms with Gasteiger partial charge in [-0.1, -0.05) is 0 Å². The zero-order valence-corrected chi connectivity index (χ0v) is 92.1. The van der Waals surface area contributed by atoms with Crippen molar-refractivity contribution in [3.05, 3.63) is 355 Å². The van der Waals surface area contributed by atoms with Crippen LogP contribution in [0.2, 0.25) is 0 Å². The summed E-state index contributed by atoms with van der Waals surface area (Å²) in [6, 6.07) is 104. The summed E-state index contributed by atoms with van der Waals surface area (Å²) in [4.78, 5) is 0. The van der Waals surface area contributed by atoms with Crippen LogP contribution < -0.4 is 0 Å². The fourth-order valence-corrected chi connectivity index (χ4v) is 28.7. The molecular weight excluding hydrogens is 1770 g/mol. The number of hydrogen-bond donors (Lipinski definition) is 0. The average Bonchev–Trinajstić information content (AvgIpc) is 0.744. The molecule has 0 N–H and O–H groups in total. The monoisotopic (exact) mass is 1930 g/mol. The average molecular weight is 1930 g/mol. The predicted molar refractivity (Wildman–Crippen MR) is 602 cm³/mol. The van der Waals surface area contributed by atoms with Gasteiger partial charge in [-0.05, 0) is 0 Å². The van der Waals surface area contributed by atoms with Crippen molar-refractivity contribution in [2.75, 3.05) is 0 Å². The first-order chi connectivity index (χ1) is 64.8. The van der Waals surface area contributed by atoms with E-state index < -0.39 is 0 Å². The number of hydrogen-bond acceptors (Lipinski definition) is 0. The Kier molecular flexibility index (Phi) is 32.7. The van der Waals surface area contributed by atoms with Crippen LogP contribution in [0.5, 0.6) is 0 Å². The van der Waals surface area contributed by atoms with Crippen LogP contribution in [-0.4, -0.2) is 26.3 Å². The third-order valence-corrected chi connectivity index (χ3v) is 35.6. The Balaban J connectivity index is 1.11. The Hall–Kier alpha value is -9.88. The summed E-state index contributed by atoms with van der Waals surface area (Å²) in [5, 5.41) is 1.85. The van der Waals surface area contributed by atoms with Gasteiger partial charge in [-0.2, -0.15) is 0 Å². The first kappa shape index (κ1) is 102. The fraction of sp³-hybridized carbons (Fsp3) is 0.373. The Bertz CT molecular complexity index is 5300. The third-order valence-electron chi connectivity index (χ3n) is 29.1. The van der Waals surface area contributed by atoms with Gasteiger partial charge in [0.05, 0.1) is 0 Å². The van der Waals surface area contributed by atoms with Gasteiger partial charge in [-0.3, -0.25) is 0 Å². The van der Waals surface area contributed by atoms with Crippen LogP contribution in [0.1, 0.15) is 416 Å². The van der Waals surface area contributed by atoms with Crippen molar-refractivity contribution in [2.45, 2.75) is 327 Å². The van der Waals surface area contributed by atoms with Crippen molar-refractivity contribution in [3.63, 3.8) is 0 Å². The molecule has 14 aromatic carbocycles. The molecule has 14 aromatic rings. The van der Waals surface area contributed by atoms with Gasteiger partial charge in [-0.25, -0.2) is 0 Å². The van der Waals surface area contributed by atoms with Gasteiger partial charge in [0.15, 0.2) is 0 Å². The van der Waals surface area contributed by atoms with Gasteiger partial charge in [0.25, 0.3) is 0 Å². The summed E-state index contributed by atoms with van der Waals surface area (Å²) in [5.41, 5.74) is 57.2. The molecular formula is C134H158Se2. The minimum absolute atomic E-state index is 0.0901. The van der Waals surface area contributed by atoms with E-state index in [1.165, 1.54) is 234 Å². The summed E-state index contributed by atoms with van der Waals surface area (Å²) >= 11 is 0.180. The maximum atomic E-state index is 2.64. The molecule has 136 heavy (non-hydrogen) atoms. The van der Waals surface area contributed by atoms with E-state index >= 15 is 0 Å². The molecule has 0 bridgehead atoms. The van der Waals surface area contributed by atoms with Crippen LogP contribution in [0.15, 0.2) is 255 Å². The van der Waals surface area contributed by atoms with Crippen molar-refractivity contribution < 1.29 is 0 Å². The van der Waals surface area contributed by atoms with E-state index in [0.717, 1.165) is 10.6 Å². The second-order valence-electron chi connectivity index (χ2n) is 44.4. The molecule has 0 heterocycles. The van der Waals surface area contributed by atoms with Crippen molar-refractivity contribution in [1.29, 1.82) is 0 Å². The Morgan fingerprint density at radius 2 is 0.228 bits per heavy atom. The van der Waals surface area contributed by atoms with Crippen LogP contribution in [0, 0.1) is 0 Å². The summed E-state index contributed by atoms with van der Waals surface area (Å²) in [6.45, 7) is 76.9. The van der Waals surface area contributed by atoms with Crippen molar-refractivity contribution in [3.8, 4) is 134 Å². The number of benzene rings is 14. The molecule has 0 saturated carbocycles. The van der Waals surface area contributed by atoms with Gasteiger partial charge >= 0.3 is 842 Å². The summed E-state index contributed by atoms with van der Waals surface area (Å²) < 4.78 is 0. The summed E-state index contributed by atoms with van der Waals surface area (Å²) in [6.07, 6.45) is 0. The van der Waals surface area contributed by atoms with Crippen LogP contribution in [-0.2, 0) is 10.6 Å². The minimum atomic E-state index is 0.0901. The molecule has 0 aliphatic heterocycles. The SMILES string of the molecule is CC(C)c1cccc(C(C)C)c1-c1cc(-c2cccc(-c3cc(-c4c(C(C)C)cccc4C(C)C)cc(-c4c(C(C)C)cccc4C(C)C)c3)c2C[Se][Se]Cc2c(-c3cc(-c4c(C(C)C)cccc4C(C)C)cc(-c4c(C(C)C)cccc4C(C)C)c3)cccc2-c2cc(-c3c(C(C)C)cccc3C(C)C)cc(-c3c(C(C)C)cccc3C(C)C)c2)cc(-c2c(C(C)C)cccc2C(C)C)c1. The topological polar surface area (TPSA) is 0 Å². The fourth-order valence-electron chi connectivity index (χ4n) is 22.1. The van der Waals surface area contributed by atoms with Gasteiger partial charge in [0.1, 0.15) is 0 Å². The van der Waals surface area contributed by atoms with Gasteiger partial charge in [-0.15, -0.1) is 0 Å². The second kappa shape index (κ2) is 43.7. The Morgan fingerprint density at radius 3 is 0.331 bits per heavy atom. The molecule has 14 rings (SSSR count). The zero-order chi connectivity index (χ0) is 98.0. The molecule has 0 spiro atoms. The van der Waals surface area contributed by atoms with Crippen molar-refractivity contribution in [2.24, 2.45) is 0 Å². The molecule has 0 aliphatic rings. The molecule has 0 radical (unpaired) electrons. The van der Waals surface area contributed by atoms with E-state index in [-0.39, 0.29) is 26.3 Å². The standard InChI is InChI=1S/C134H158Se2/c1-77(2)105-43-33-44-106(78(3)4)127(105)97-63-93(64-98(71-97)128-107(79(5)6)45-34-46-108(128)80(7)8)121-59-41-60-122(94-65-99(129-109(81(9)10)47-35-48-110(129)82(11)12)72-100(66-94)130-111(83(13)14)49-36-50-112(130)84(15)16)125(121)75-135-136-76-126-123(95-67-101(131-113(85(17)18)51-37-52-114(131)86(19)20)73-102(68-95)132-115(87(21)22)53-38-54-116(132)88(23)24)61-42-62-124(126)96-69-103(133-117(89(25)26)55-39-56-118(133)90(27)28)74-104(70-96)134-119(91(29)30)57-40-58-120(134)92(31)32/h33-74,77-92H,75-76H2,1-32H3. The molecule has 0 unspecified atom stereocenters. The van der Waals surface area contributed by atoms with E-state index in [2.05, 4.69) is 476 Å². The molecule has 0 atom stereocenters. The van der Waals surface area contributed by atoms with Crippen LogP contribution in [0.4, 0.5) is 0 Å². The number of rotatable bonds is 33. The molecule has 0 saturated heterocycles. The second-order valence-corrected chi connectivity index (χ2v) is 51.7. The molecule has 706 valence electrons. The molecule has 0 aliphatic carbocycles. The van der Waals surface area contributed by atoms with E-state index in [0.29, 0.717) is 94.7 Å². The summed E-state index contributed by atoms with van der Waals surface area (Å²) in [7, 11) is 0. The maximum absolute atomic E-state index is 2.64. The van der Waals surface area contributed by atoms with Crippen molar-refractivity contribution in [1.82, 2.24) is 0 Å². The van der Waals surface area contributed by atoms with E-state index in [9.17, 15) is 0 Å². The summed E-state index contributed by atoms with van der Waals surface area (Å²) in [5.74, 6) is 4.80. The third kappa shape index (κ3) is 21.3. The molecule has 2 heteroatoms. The van der Waals surface area contributed by atoms with E-state index in [4.69, 9.17) is 0 Å². The molecule has 0 nitrogen and oxygen atoms in total. The first-order valence-electron chi connectivity index (χ1n) is 51.9. The first-order valence-corrected chi connectivity index (χ1v) is 58.7. The normalized spacial score (nSPS) is 12.3. The van der Waals surface area contributed by atoms with Crippen molar-refractivity contribution >= 4 is 26.3 Å². The van der Waals surface area contributed by atoms with E-state index in [1.54, 1.807) is 0 Å². The van der Waals surface area contributed by atoms with Crippen LogP contribution in [0.3, 0.4) is 0 Å². The predicted octanol–water partition coefficient (Wildman–Crippen LogP) is 40.7.